The predicted molar refractivity (Wildman–Crippen MR) is 244 cm³/mol. The van der Waals surface area contributed by atoms with E-state index in [1.807, 2.05) is 0 Å². The second-order valence-electron chi connectivity index (χ2n) is 14.1. The Kier molecular flexibility index (Phi) is 12.4. The summed E-state index contributed by atoms with van der Waals surface area (Å²) in [4.78, 5) is 4.83. The van der Waals surface area contributed by atoms with Crippen molar-refractivity contribution in [2.24, 2.45) is 0 Å². The molecule has 0 fully saturated rings. The Labute approximate surface area is 334 Å². The molecular weight excluding hydrogens is 677 g/mol. The van der Waals surface area contributed by atoms with Crippen LogP contribution >= 0.6 is 0 Å². The van der Waals surface area contributed by atoms with Gasteiger partial charge in [-0.2, -0.15) is 0 Å². The Morgan fingerprint density at radius 3 is 0.804 bits per heavy atom. The van der Waals surface area contributed by atoms with Gasteiger partial charge >= 0.3 is 0 Å². The van der Waals surface area contributed by atoms with Gasteiger partial charge in [0, 0.05) is 22.7 Å². The lowest BCUT2D eigenvalue weighted by Crippen LogP contribution is -2.14. The molecular formula is C54H52N2. The fraction of sp³-hybridized carbons (Fsp3) is 0.148. The third-order valence-corrected chi connectivity index (χ3v) is 10.6. The van der Waals surface area contributed by atoms with Crippen LogP contribution in [0.5, 0.6) is 0 Å². The van der Waals surface area contributed by atoms with Gasteiger partial charge in [-0.3, -0.25) is 0 Å². The smallest absolute Gasteiger partial charge is 0.0525 e. The highest BCUT2D eigenvalue weighted by Crippen LogP contribution is 2.41. The largest absolute Gasteiger partial charge is 0.310 e. The lowest BCUT2D eigenvalue weighted by Gasteiger charge is -2.30. The molecule has 0 atom stereocenters. The molecule has 2 heteroatoms. The zero-order valence-electron chi connectivity index (χ0n) is 33.2. The van der Waals surface area contributed by atoms with E-state index in [1.54, 1.807) is 0 Å². The minimum Gasteiger partial charge on any atom is -0.310 e. The van der Waals surface area contributed by atoms with Gasteiger partial charge in [-0.05, 0) is 119 Å². The van der Waals surface area contributed by atoms with Gasteiger partial charge in [-0.1, -0.05) is 173 Å². The number of anilines is 6. The molecule has 0 radical (unpaired) electrons. The zero-order valence-corrected chi connectivity index (χ0v) is 33.2. The second-order valence-corrected chi connectivity index (χ2v) is 14.1. The molecule has 0 unspecified atom stereocenters. The molecule has 56 heavy (non-hydrogen) atoms. The first-order chi connectivity index (χ1) is 27.6. The van der Waals surface area contributed by atoms with Crippen LogP contribution in [-0.4, -0.2) is 0 Å². The van der Waals surface area contributed by atoms with E-state index >= 15 is 0 Å². The Bertz CT molecular complexity index is 2150. The molecule has 0 amide bonds. The van der Waals surface area contributed by atoms with Crippen LogP contribution in [-0.2, 0) is 25.7 Å². The first kappa shape index (κ1) is 37.9. The average Bonchev–Trinajstić information content (AvgIpc) is 3.27. The van der Waals surface area contributed by atoms with E-state index < -0.39 is 0 Å². The van der Waals surface area contributed by atoms with Gasteiger partial charge < -0.3 is 9.80 Å². The fourth-order valence-electron chi connectivity index (χ4n) is 7.55. The molecule has 0 bridgehead atoms. The minimum atomic E-state index is 0.984. The number of hydrogen-bond donors (Lipinski definition) is 0. The van der Waals surface area contributed by atoms with Gasteiger partial charge in [0.15, 0.2) is 0 Å². The summed E-state index contributed by atoms with van der Waals surface area (Å²) >= 11 is 0. The number of aryl methyl sites for hydroxylation is 4. The molecule has 0 heterocycles. The summed E-state index contributed by atoms with van der Waals surface area (Å²) in [6.07, 6.45) is 12.7. The molecule has 7 aromatic rings. The summed E-state index contributed by atoms with van der Waals surface area (Å²) < 4.78 is 0. The van der Waals surface area contributed by atoms with E-state index in [-0.39, 0.29) is 0 Å². The van der Waals surface area contributed by atoms with Gasteiger partial charge in [-0.25, -0.2) is 0 Å². The van der Waals surface area contributed by atoms with Crippen LogP contribution in [0.25, 0.3) is 24.3 Å². The Balaban J connectivity index is 1.06. The molecule has 0 saturated carbocycles. The maximum Gasteiger partial charge on any atom is 0.0525 e. The van der Waals surface area contributed by atoms with Crippen molar-refractivity contribution in [3.8, 4) is 0 Å². The minimum absolute atomic E-state index is 0.984. The topological polar surface area (TPSA) is 6.48 Å². The Morgan fingerprint density at radius 2 is 0.536 bits per heavy atom. The van der Waals surface area contributed by atoms with Crippen molar-refractivity contribution in [3.63, 3.8) is 0 Å². The van der Waals surface area contributed by atoms with Crippen molar-refractivity contribution in [2.75, 3.05) is 9.80 Å². The predicted octanol–water partition coefficient (Wildman–Crippen LogP) is 15.2. The lowest BCUT2D eigenvalue weighted by molar-refractivity contribution is 1.06. The van der Waals surface area contributed by atoms with E-state index in [1.165, 1.54) is 67.3 Å². The zero-order chi connectivity index (χ0) is 38.7. The molecule has 0 spiro atoms. The summed E-state index contributed by atoms with van der Waals surface area (Å²) in [6, 6.07) is 61.4. The van der Waals surface area contributed by atoms with Crippen LogP contribution < -0.4 is 9.80 Å². The van der Waals surface area contributed by atoms with E-state index in [4.69, 9.17) is 0 Å². The van der Waals surface area contributed by atoms with Crippen LogP contribution in [0.2, 0.25) is 0 Å². The van der Waals surface area contributed by atoms with Crippen LogP contribution in [0.1, 0.15) is 72.2 Å². The molecule has 0 N–H and O–H groups in total. The summed E-state index contributed by atoms with van der Waals surface area (Å²) in [5.74, 6) is 0. The third kappa shape index (κ3) is 8.61. The Hall–Kier alpha value is -6.38. The van der Waals surface area contributed by atoms with Crippen LogP contribution in [0, 0.1) is 0 Å². The highest BCUT2D eigenvalue weighted by atomic mass is 15.2. The highest BCUT2D eigenvalue weighted by Gasteiger charge is 2.20. The Morgan fingerprint density at radius 1 is 0.286 bits per heavy atom. The summed E-state index contributed by atoms with van der Waals surface area (Å²) in [5, 5.41) is 0. The van der Waals surface area contributed by atoms with Gasteiger partial charge in [-0.15, -0.1) is 0 Å². The molecule has 0 saturated heterocycles. The molecule has 0 aliphatic carbocycles. The molecule has 0 aliphatic heterocycles. The van der Waals surface area contributed by atoms with Crippen molar-refractivity contribution in [1.82, 2.24) is 0 Å². The van der Waals surface area contributed by atoms with Crippen LogP contribution in [0.3, 0.4) is 0 Å². The monoisotopic (exact) mass is 728 g/mol. The maximum absolute atomic E-state index is 2.42. The van der Waals surface area contributed by atoms with Crippen molar-refractivity contribution in [3.05, 3.63) is 214 Å². The summed E-state index contributed by atoms with van der Waals surface area (Å²) in [5.41, 5.74) is 17.4. The SMILES string of the molecule is CCc1cccc(CC)c1N(c1ccccc1)c1ccc(C=Cc2ccc(C=Cc3ccc(N(c4ccccc4)c4c(CC)cccc4CC)cc3)cc2)cc1. The first-order valence-corrected chi connectivity index (χ1v) is 20.2. The van der Waals surface area contributed by atoms with Crippen molar-refractivity contribution in [1.29, 1.82) is 0 Å². The van der Waals surface area contributed by atoms with Gasteiger partial charge in [0.25, 0.3) is 0 Å². The molecule has 278 valence electrons. The number of benzene rings is 7. The quantitative estimate of drug-likeness (QED) is 0.103. The third-order valence-electron chi connectivity index (χ3n) is 10.6. The highest BCUT2D eigenvalue weighted by molar-refractivity contribution is 5.83. The number of hydrogen-bond acceptors (Lipinski definition) is 2. The average molecular weight is 729 g/mol. The molecule has 0 aromatic heterocycles. The molecule has 7 rings (SSSR count). The lowest BCUT2D eigenvalue weighted by atomic mass is 10.00. The number of nitrogens with zero attached hydrogens (tertiary/aromatic N) is 2. The van der Waals surface area contributed by atoms with E-state index in [2.05, 4.69) is 232 Å². The van der Waals surface area contributed by atoms with Gasteiger partial charge in [0.2, 0.25) is 0 Å². The van der Waals surface area contributed by atoms with Gasteiger partial charge in [0.05, 0.1) is 11.4 Å². The van der Waals surface area contributed by atoms with Crippen molar-refractivity contribution < 1.29 is 0 Å². The normalized spacial score (nSPS) is 11.4. The standard InChI is InChI=1S/C54H52N2/c1-5-45-17-15-18-46(6-2)53(45)55(49-21-11-9-12-22-49)51-37-33-43(34-38-51)31-29-41-25-27-42(28-26-41)30-32-44-35-39-52(40-36-44)56(50-23-13-10-14-24-50)54-47(7-3)19-16-20-48(54)8-4/h9-40H,5-8H2,1-4H3. The summed E-state index contributed by atoms with van der Waals surface area (Å²) in [6.45, 7) is 8.97. The summed E-state index contributed by atoms with van der Waals surface area (Å²) in [7, 11) is 0. The number of para-hydroxylation sites is 4. The van der Waals surface area contributed by atoms with E-state index in [0.29, 0.717) is 0 Å². The maximum atomic E-state index is 2.42. The second kappa shape index (κ2) is 18.3. The van der Waals surface area contributed by atoms with Crippen molar-refractivity contribution in [2.45, 2.75) is 53.4 Å². The molecule has 7 aromatic carbocycles. The van der Waals surface area contributed by atoms with Crippen LogP contribution in [0.15, 0.2) is 170 Å². The molecule has 2 nitrogen and oxygen atoms in total. The van der Waals surface area contributed by atoms with Crippen LogP contribution in [0.4, 0.5) is 34.1 Å². The number of rotatable bonds is 14. The van der Waals surface area contributed by atoms with E-state index in [0.717, 1.165) is 37.1 Å². The molecule has 0 aliphatic rings. The fourth-order valence-corrected chi connectivity index (χ4v) is 7.55. The van der Waals surface area contributed by atoms with Crippen molar-refractivity contribution >= 4 is 58.4 Å². The first-order valence-electron chi connectivity index (χ1n) is 20.2. The van der Waals surface area contributed by atoms with E-state index in [9.17, 15) is 0 Å². The van der Waals surface area contributed by atoms with Gasteiger partial charge in [0.1, 0.15) is 0 Å².